The molecular weight excluding hydrogens is 270 g/mol. The van der Waals surface area contributed by atoms with E-state index in [1.165, 1.54) is 0 Å². The van der Waals surface area contributed by atoms with Crippen LogP contribution in [-0.2, 0) is 16.0 Å². The Labute approximate surface area is 124 Å². The van der Waals surface area contributed by atoms with Crippen molar-refractivity contribution in [1.82, 2.24) is 15.1 Å². The Balaban J connectivity index is 1.56. The van der Waals surface area contributed by atoms with Crippen LogP contribution in [0.25, 0.3) is 0 Å². The van der Waals surface area contributed by atoms with E-state index in [2.05, 4.69) is 10.2 Å². The molecular formula is C15H23N3O3. The van der Waals surface area contributed by atoms with Crippen molar-refractivity contribution >= 4 is 5.91 Å². The number of nitrogens with one attached hydrogen (secondary N) is 1. The number of aromatic nitrogens is 2. The number of hydrogen-bond donors (Lipinski definition) is 2. The van der Waals surface area contributed by atoms with E-state index in [1.807, 2.05) is 17.9 Å². The summed E-state index contributed by atoms with van der Waals surface area (Å²) < 4.78 is 5.75. The molecule has 2 N–H and O–H groups in total. The minimum Gasteiger partial charge on any atom is -0.392 e. The maximum atomic E-state index is 12.3. The minimum atomic E-state index is -0.279. The number of H-pyrrole nitrogens is 1. The summed E-state index contributed by atoms with van der Waals surface area (Å²) in [7, 11) is 0. The van der Waals surface area contributed by atoms with Crippen molar-refractivity contribution in [3.63, 3.8) is 0 Å². The molecule has 1 spiro atoms. The molecule has 1 aliphatic heterocycles. The molecule has 1 aromatic heterocycles. The molecule has 2 unspecified atom stereocenters. The van der Waals surface area contributed by atoms with Crippen molar-refractivity contribution in [3.8, 4) is 0 Å². The summed E-state index contributed by atoms with van der Waals surface area (Å²) in [6.45, 7) is 4.07. The number of aliphatic hydroxyl groups is 1. The Hall–Kier alpha value is -1.40. The largest absolute Gasteiger partial charge is 0.392 e. The number of amides is 1. The second-order valence-corrected chi connectivity index (χ2v) is 6.07. The summed E-state index contributed by atoms with van der Waals surface area (Å²) in [4.78, 5) is 14.1. The Morgan fingerprint density at radius 3 is 2.90 bits per heavy atom. The first-order valence-electron chi connectivity index (χ1n) is 7.71. The zero-order chi connectivity index (χ0) is 14.9. The van der Waals surface area contributed by atoms with Crippen molar-refractivity contribution in [2.75, 3.05) is 19.7 Å². The minimum absolute atomic E-state index is 0.121. The van der Waals surface area contributed by atoms with E-state index in [-0.39, 0.29) is 23.5 Å². The van der Waals surface area contributed by atoms with Gasteiger partial charge in [-0.25, -0.2) is 0 Å². The third-order valence-electron chi connectivity index (χ3n) is 5.06. The van der Waals surface area contributed by atoms with E-state index in [1.54, 1.807) is 6.20 Å². The van der Waals surface area contributed by atoms with Gasteiger partial charge >= 0.3 is 0 Å². The van der Waals surface area contributed by atoms with Gasteiger partial charge in [-0.3, -0.25) is 9.89 Å². The fourth-order valence-electron chi connectivity index (χ4n) is 3.65. The number of aliphatic hydroxyl groups excluding tert-OH is 1. The van der Waals surface area contributed by atoms with E-state index in [9.17, 15) is 9.90 Å². The third-order valence-corrected chi connectivity index (χ3v) is 5.06. The molecule has 21 heavy (non-hydrogen) atoms. The summed E-state index contributed by atoms with van der Waals surface area (Å²) in [5.74, 6) is 0.121. The number of carbonyl (C=O) groups excluding carboxylic acids is 1. The molecule has 0 aromatic carbocycles. The van der Waals surface area contributed by atoms with Gasteiger partial charge in [-0.2, -0.15) is 5.10 Å². The lowest BCUT2D eigenvalue weighted by molar-refractivity contribution is -0.210. The molecule has 116 valence electrons. The van der Waals surface area contributed by atoms with Crippen molar-refractivity contribution < 1.29 is 14.6 Å². The number of rotatable bonds is 4. The van der Waals surface area contributed by atoms with Crippen LogP contribution in [0.15, 0.2) is 12.3 Å². The lowest BCUT2D eigenvalue weighted by Gasteiger charge is -2.56. The van der Waals surface area contributed by atoms with E-state index in [0.717, 1.165) is 25.0 Å². The van der Waals surface area contributed by atoms with Gasteiger partial charge in [0.2, 0.25) is 5.91 Å². The molecule has 2 atom stereocenters. The molecule has 3 rings (SSSR count). The van der Waals surface area contributed by atoms with Crippen molar-refractivity contribution in [1.29, 1.82) is 0 Å². The fraction of sp³-hybridized carbons (Fsp3) is 0.733. The standard InChI is InChI=1S/C15H23N3O3/c1-2-21-13-10-12(19)15(13)4-7-18(8-5-15)14(20)9-11-3-6-16-17-11/h3,6,12-13,19H,2,4-5,7-10H2,1H3,(H,16,17). The van der Waals surface area contributed by atoms with Crippen LogP contribution in [0.1, 0.15) is 31.9 Å². The lowest BCUT2D eigenvalue weighted by Crippen LogP contribution is -2.62. The monoisotopic (exact) mass is 293 g/mol. The van der Waals surface area contributed by atoms with Gasteiger partial charge in [0.15, 0.2) is 0 Å². The van der Waals surface area contributed by atoms with Crippen LogP contribution in [0.2, 0.25) is 0 Å². The van der Waals surface area contributed by atoms with Gasteiger partial charge < -0.3 is 14.7 Å². The highest BCUT2D eigenvalue weighted by molar-refractivity contribution is 5.78. The van der Waals surface area contributed by atoms with E-state index >= 15 is 0 Å². The summed E-state index contributed by atoms with van der Waals surface area (Å²) in [6.07, 6.45) is 4.29. The molecule has 6 nitrogen and oxygen atoms in total. The predicted octanol–water partition coefficient (Wildman–Crippen LogP) is 0.731. The average molecular weight is 293 g/mol. The maximum Gasteiger partial charge on any atom is 0.228 e. The number of hydrogen-bond acceptors (Lipinski definition) is 4. The highest BCUT2D eigenvalue weighted by Crippen LogP contribution is 2.50. The molecule has 1 amide bonds. The molecule has 0 bridgehead atoms. The highest BCUT2D eigenvalue weighted by Gasteiger charge is 2.56. The SMILES string of the molecule is CCOC1CC(O)C12CCN(C(=O)Cc1ccn[nH]1)CC2. The van der Waals surface area contributed by atoms with E-state index in [4.69, 9.17) is 4.74 Å². The predicted molar refractivity (Wildman–Crippen MR) is 76.6 cm³/mol. The van der Waals surface area contributed by atoms with Crippen LogP contribution < -0.4 is 0 Å². The number of ether oxygens (including phenoxy) is 1. The maximum absolute atomic E-state index is 12.3. The zero-order valence-corrected chi connectivity index (χ0v) is 12.4. The smallest absolute Gasteiger partial charge is 0.228 e. The third kappa shape index (κ3) is 2.58. The molecule has 6 heteroatoms. The summed E-state index contributed by atoms with van der Waals surface area (Å²) in [5.41, 5.74) is 0.719. The number of likely N-dealkylation sites (tertiary alicyclic amines) is 1. The van der Waals surface area contributed by atoms with E-state index in [0.29, 0.717) is 26.1 Å². The number of carbonyl (C=O) groups is 1. The first-order valence-corrected chi connectivity index (χ1v) is 7.71. The van der Waals surface area contributed by atoms with Crippen LogP contribution in [-0.4, -0.2) is 58.0 Å². The van der Waals surface area contributed by atoms with Gasteiger partial charge in [-0.05, 0) is 25.8 Å². The first-order chi connectivity index (χ1) is 10.2. The fourth-order valence-corrected chi connectivity index (χ4v) is 3.65. The number of nitrogens with zero attached hydrogens (tertiary/aromatic N) is 2. The Morgan fingerprint density at radius 1 is 1.57 bits per heavy atom. The zero-order valence-electron chi connectivity index (χ0n) is 12.4. The molecule has 1 saturated heterocycles. The molecule has 2 heterocycles. The second kappa shape index (κ2) is 5.77. The van der Waals surface area contributed by atoms with Crippen LogP contribution in [0.3, 0.4) is 0 Å². The average Bonchev–Trinajstić information content (AvgIpc) is 3.00. The molecule has 2 fully saturated rings. The Morgan fingerprint density at radius 2 is 2.33 bits per heavy atom. The molecule has 2 aliphatic rings. The van der Waals surface area contributed by atoms with Gasteiger partial charge in [-0.1, -0.05) is 0 Å². The van der Waals surface area contributed by atoms with Gasteiger partial charge in [-0.15, -0.1) is 0 Å². The molecule has 1 aromatic rings. The molecule has 0 radical (unpaired) electrons. The first kappa shape index (κ1) is 14.5. The topological polar surface area (TPSA) is 78.5 Å². The highest BCUT2D eigenvalue weighted by atomic mass is 16.5. The van der Waals surface area contributed by atoms with Gasteiger partial charge in [0, 0.05) is 43.4 Å². The van der Waals surface area contributed by atoms with Crippen molar-refractivity contribution in [2.45, 2.75) is 44.8 Å². The normalized spacial score (nSPS) is 27.6. The van der Waals surface area contributed by atoms with Crippen LogP contribution in [0, 0.1) is 5.41 Å². The quantitative estimate of drug-likeness (QED) is 0.858. The second-order valence-electron chi connectivity index (χ2n) is 6.07. The molecule has 1 aliphatic carbocycles. The number of piperidine rings is 1. The van der Waals surface area contributed by atoms with Crippen LogP contribution in [0.5, 0.6) is 0 Å². The summed E-state index contributed by atoms with van der Waals surface area (Å²) >= 11 is 0. The summed E-state index contributed by atoms with van der Waals surface area (Å²) in [5, 5.41) is 16.8. The summed E-state index contributed by atoms with van der Waals surface area (Å²) in [6, 6.07) is 1.82. The van der Waals surface area contributed by atoms with Crippen molar-refractivity contribution in [3.05, 3.63) is 18.0 Å². The van der Waals surface area contributed by atoms with Gasteiger partial charge in [0.25, 0.3) is 0 Å². The van der Waals surface area contributed by atoms with Gasteiger partial charge in [0.05, 0.1) is 18.6 Å². The van der Waals surface area contributed by atoms with Crippen LogP contribution in [0.4, 0.5) is 0 Å². The Kier molecular flexibility index (Phi) is 3.99. The molecule has 1 saturated carbocycles. The van der Waals surface area contributed by atoms with Crippen LogP contribution >= 0.6 is 0 Å². The number of aromatic amines is 1. The van der Waals surface area contributed by atoms with Crippen molar-refractivity contribution in [2.24, 2.45) is 5.41 Å². The Bertz CT molecular complexity index is 478. The van der Waals surface area contributed by atoms with Gasteiger partial charge in [0.1, 0.15) is 0 Å². The lowest BCUT2D eigenvalue weighted by atomic mass is 9.58. The van der Waals surface area contributed by atoms with E-state index < -0.39 is 0 Å².